The summed E-state index contributed by atoms with van der Waals surface area (Å²) in [5.41, 5.74) is 7.34. The molecule has 1 aliphatic carbocycles. The molecule has 0 saturated heterocycles. The third kappa shape index (κ3) is 3.33. The van der Waals surface area contributed by atoms with E-state index in [0.717, 1.165) is 4.88 Å². The summed E-state index contributed by atoms with van der Waals surface area (Å²) in [6.45, 7) is 0.583. The van der Waals surface area contributed by atoms with Crippen LogP contribution in [0.4, 0.5) is 14.6 Å². The fraction of sp³-hybridized carbons (Fsp3) is 0.375. The highest BCUT2D eigenvalue weighted by Gasteiger charge is 2.46. The number of anilines is 1. The average Bonchev–Trinajstić information content (AvgIpc) is 3.25. The molecule has 10 heteroatoms. The number of hydrogen-bond donors (Lipinski definition) is 2. The summed E-state index contributed by atoms with van der Waals surface area (Å²) >= 11 is 11.2. The van der Waals surface area contributed by atoms with Gasteiger partial charge in [-0.25, -0.2) is 13.3 Å². The molecule has 1 fully saturated rings. The number of halogens is 4. The maximum Gasteiger partial charge on any atom is 0.250 e. The Kier molecular flexibility index (Phi) is 4.66. The molecule has 5 nitrogen and oxygen atoms in total. The first kappa shape index (κ1) is 18.1. The molecule has 3 aromatic heterocycles. The molecule has 1 saturated carbocycles. The summed E-state index contributed by atoms with van der Waals surface area (Å²) in [4.78, 5) is 5.40. The topological polar surface area (TPSA) is 68.2 Å². The van der Waals surface area contributed by atoms with Gasteiger partial charge in [0.05, 0.1) is 6.54 Å². The molecule has 1 aliphatic rings. The minimum absolute atomic E-state index is 0.0649. The van der Waals surface area contributed by atoms with Gasteiger partial charge in [-0.3, -0.25) is 0 Å². The van der Waals surface area contributed by atoms with Crippen molar-refractivity contribution in [3.8, 4) is 0 Å². The Hall–Kier alpha value is -1.29. The van der Waals surface area contributed by atoms with E-state index in [2.05, 4.69) is 31.3 Å². The van der Waals surface area contributed by atoms with Gasteiger partial charge in [-0.1, -0.05) is 6.07 Å². The summed E-state index contributed by atoms with van der Waals surface area (Å²) in [5, 5.41) is 9.49. The second-order valence-corrected chi connectivity index (χ2v) is 8.51. The third-order valence-corrected chi connectivity index (χ3v) is 6.38. The number of rotatable bonds is 4. The largest absolute Gasteiger partial charge is 0.363 e. The van der Waals surface area contributed by atoms with Crippen LogP contribution in [0.25, 0.3) is 5.52 Å². The smallest absolute Gasteiger partial charge is 0.250 e. The van der Waals surface area contributed by atoms with Crippen LogP contribution in [0.5, 0.6) is 0 Å². The Morgan fingerprint density at radius 2 is 2.27 bits per heavy atom. The first-order valence-electron chi connectivity index (χ1n) is 7.98. The van der Waals surface area contributed by atoms with Gasteiger partial charge in [0, 0.05) is 29.7 Å². The fourth-order valence-electron chi connectivity index (χ4n) is 3.38. The molecule has 0 unspecified atom stereocenters. The maximum absolute atomic E-state index is 13.8. The van der Waals surface area contributed by atoms with Gasteiger partial charge >= 0.3 is 0 Å². The van der Waals surface area contributed by atoms with Gasteiger partial charge in [0.25, 0.3) is 0 Å². The Balaban J connectivity index is 1.73. The van der Waals surface area contributed by atoms with Gasteiger partial charge < -0.3 is 11.1 Å². The Labute approximate surface area is 165 Å². The number of nitrogens with zero attached hydrogens (tertiary/aromatic N) is 3. The van der Waals surface area contributed by atoms with E-state index >= 15 is 0 Å². The lowest BCUT2D eigenvalue weighted by molar-refractivity contribution is 0.00668. The maximum atomic E-state index is 13.8. The van der Waals surface area contributed by atoms with Crippen LogP contribution < -0.4 is 11.1 Å². The standard InChI is InChI=1S/C16H15BrClF2N5S/c17-13-9(10-5-16(19,20)6-11(10)21)4-12-14(23-15(18)24-25(12)13)22-7-8-2-1-3-26-8/h1-4,10-11H,5-7,21H2,(H,22,23,24)/t10-,11+/m1/s1. The van der Waals surface area contributed by atoms with Crippen LogP contribution in [0, 0.1) is 0 Å². The van der Waals surface area contributed by atoms with Crippen molar-refractivity contribution in [1.29, 1.82) is 0 Å². The van der Waals surface area contributed by atoms with E-state index in [-0.39, 0.29) is 18.1 Å². The SMILES string of the molecule is N[C@H]1CC(F)(F)C[C@@H]1c1cc2c(NCc3cccs3)nc(Cl)nn2c1Br. The van der Waals surface area contributed by atoms with E-state index in [9.17, 15) is 8.78 Å². The lowest BCUT2D eigenvalue weighted by Crippen LogP contribution is -2.23. The predicted octanol–water partition coefficient (Wildman–Crippen LogP) is 4.66. The lowest BCUT2D eigenvalue weighted by Gasteiger charge is -2.13. The Morgan fingerprint density at radius 1 is 1.46 bits per heavy atom. The first-order chi connectivity index (χ1) is 12.3. The van der Waals surface area contributed by atoms with E-state index in [4.69, 9.17) is 17.3 Å². The summed E-state index contributed by atoms with van der Waals surface area (Å²) in [7, 11) is 0. The van der Waals surface area contributed by atoms with Crippen LogP contribution in [-0.2, 0) is 6.54 Å². The molecule has 0 amide bonds. The molecule has 3 heterocycles. The van der Waals surface area contributed by atoms with Gasteiger partial charge in [-0.15, -0.1) is 16.4 Å². The third-order valence-electron chi connectivity index (χ3n) is 4.55. The van der Waals surface area contributed by atoms with Crippen molar-refractivity contribution in [3.05, 3.63) is 43.9 Å². The van der Waals surface area contributed by atoms with Crippen molar-refractivity contribution in [2.45, 2.75) is 37.3 Å². The molecule has 0 bridgehead atoms. The molecule has 0 radical (unpaired) electrons. The monoisotopic (exact) mass is 461 g/mol. The molecule has 0 spiro atoms. The van der Waals surface area contributed by atoms with Crippen LogP contribution >= 0.6 is 38.9 Å². The Morgan fingerprint density at radius 3 is 2.92 bits per heavy atom. The first-order valence-corrected chi connectivity index (χ1v) is 10.0. The molecular formula is C16H15BrClF2N5S. The number of nitrogens with two attached hydrogens (primary N) is 1. The van der Waals surface area contributed by atoms with Crippen LogP contribution in [0.3, 0.4) is 0 Å². The van der Waals surface area contributed by atoms with E-state index in [1.165, 1.54) is 0 Å². The van der Waals surface area contributed by atoms with Gasteiger partial charge in [-0.05, 0) is 50.6 Å². The molecule has 2 atom stereocenters. The molecule has 0 aromatic carbocycles. The quantitative estimate of drug-likeness (QED) is 0.592. The average molecular weight is 463 g/mol. The highest BCUT2D eigenvalue weighted by molar-refractivity contribution is 9.10. The van der Waals surface area contributed by atoms with Crippen LogP contribution in [0.1, 0.15) is 29.2 Å². The van der Waals surface area contributed by atoms with Crippen molar-refractivity contribution in [1.82, 2.24) is 14.6 Å². The number of thiophene rings is 1. The van der Waals surface area contributed by atoms with E-state index < -0.39 is 17.9 Å². The molecule has 138 valence electrons. The van der Waals surface area contributed by atoms with Gasteiger partial charge in [-0.2, -0.15) is 4.98 Å². The van der Waals surface area contributed by atoms with E-state index in [0.29, 0.717) is 28.0 Å². The van der Waals surface area contributed by atoms with Crippen molar-refractivity contribution in [2.75, 3.05) is 5.32 Å². The van der Waals surface area contributed by atoms with Gasteiger partial charge in [0.15, 0.2) is 5.82 Å². The van der Waals surface area contributed by atoms with Crippen LogP contribution in [-0.4, -0.2) is 26.6 Å². The Bertz CT molecular complexity index is 946. The van der Waals surface area contributed by atoms with E-state index in [1.807, 2.05) is 23.6 Å². The number of nitrogens with one attached hydrogen (secondary N) is 1. The van der Waals surface area contributed by atoms with Crippen molar-refractivity contribution < 1.29 is 8.78 Å². The molecule has 0 aliphatic heterocycles. The molecule has 26 heavy (non-hydrogen) atoms. The number of fused-ring (bicyclic) bond motifs is 1. The zero-order chi connectivity index (χ0) is 18.5. The predicted molar refractivity (Wildman–Crippen MR) is 102 cm³/mol. The zero-order valence-corrected chi connectivity index (χ0v) is 16.6. The number of aromatic nitrogens is 3. The number of hydrogen-bond acceptors (Lipinski definition) is 5. The summed E-state index contributed by atoms with van der Waals surface area (Å²) in [6, 6.07) is 5.18. The van der Waals surface area contributed by atoms with Crippen molar-refractivity contribution in [3.63, 3.8) is 0 Å². The lowest BCUT2D eigenvalue weighted by atomic mass is 9.97. The molecular weight excluding hydrogens is 448 g/mol. The van der Waals surface area contributed by atoms with Crippen molar-refractivity contribution in [2.24, 2.45) is 5.73 Å². The minimum Gasteiger partial charge on any atom is -0.363 e. The van der Waals surface area contributed by atoms with Gasteiger partial charge in [0.2, 0.25) is 11.2 Å². The zero-order valence-electron chi connectivity index (χ0n) is 13.4. The fourth-order valence-corrected chi connectivity index (χ4v) is 4.86. The van der Waals surface area contributed by atoms with Crippen LogP contribution in [0.2, 0.25) is 5.28 Å². The highest BCUT2D eigenvalue weighted by atomic mass is 79.9. The highest BCUT2D eigenvalue weighted by Crippen LogP contribution is 2.46. The van der Waals surface area contributed by atoms with Gasteiger partial charge in [0.1, 0.15) is 10.1 Å². The summed E-state index contributed by atoms with van der Waals surface area (Å²) in [6.07, 6.45) is -0.588. The number of alkyl halides is 2. The normalized spacial score (nSPS) is 22.2. The second-order valence-electron chi connectivity index (χ2n) is 6.38. The summed E-state index contributed by atoms with van der Waals surface area (Å²) < 4.78 is 29.7. The van der Waals surface area contributed by atoms with Crippen molar-refractivity contribution >= 4 is 50.2 Å². The summed E-state index contributed by atoms with van der Waals surface area (Å²) in [5.74, 6) is -2.66. The van der Waals surface area contributed by atoms with E-state index in [1.54, 1.807) is 15.9 Å². The van der Waals surface area contributed by atoms with Crippen LogP contribution in [0.15, 0.2) is 28.2 Å². The minimum atomic E-state index is -2.75. The molecule has 3 aromatic rings. The molecule has 4 rings (SSSR count). The second kappa shape index (κ2) is 6.70. The molecule has 3 N–H and O–H groups in total.